The van der Waals surface area contributed by atoms with E-state index in [1.54, 1.807) is 19.1 Å². The number of rotatable bonds is 18. The summed E-state index contributed by atoms with van der Waals surface area (Å²) >= 11 is 0. The second-order valence-corrected chi connectivity index (χ2v) is 9.86. The number of hydrogen-bond donors (Lipinski definition) is 4. The van der Waals surface area contributed by atoms with Crippen molar-refractivity contribution >= 4 is 36.1 Å². The molecule has 0 aliphatic rings. The summed E-state index contributed by atoms with van der Waals surface area (Å²) in [7, 11) is 2.29. The van der Waals surface area contributed by atoms with Gasteiger partial charge < -0.3 is 29.8 Å². The summed E-state index contributed by atoms with van der Waals surface area (Å²) < 4.78 is 14.9. The van der Waals surface area contributed by atoms with Crippen LogP contribution in [0.5, 0.6) is 0 Å². The molecule has 4 amide bonds. The van der Waals surface area contributed by atoms with E-state index in [-0.39, 0.29) is 30.2 Å². The Morgan fingerprint density at radius 2 is 1.75 bits per heavy atom. The highest BCUT2D eigenvalue weighted by atomic mass is 16.5. The number of amides is 4. The van der Waals surface area contributed by atoms with E-state index in [0.717, 1.165) is 33.5 Å². The van der Waals surface area contributed by atoms with E-state index in [4.69, 9.17) is 4.42 Å². The zero-order chi connectivity index (χ0) is 32.6. The van der Waals surface area contributed by atoms with Gasteiger partial charge in [0.25, 0.3) is 11.8 Å². The highest BCUT2D eigenvalue weighted by Crippen LogP contribution is 2.24. The summed E-state index contributed by atoms with van der Waals surface area (Å²) in [4.78, 5) is 73.2. The van der Waals surface area contributed by atoms with Crippen LogP contribution in [0.4, 0.5) is 0 Å². The highest BCUT2D eigenvalue weighted by molar-refractivity contribution is 5.98. The SMILES string of the molecule is CCCCC[C@@H](C(=O)NCNC(=O)c1ccc(-c2cccc(C(=O)N[C@@H](CC(=O)OC)C(=O)OC)c2)o1)[C@@H](CC)N(O)C=O. The van der Waals surface area contributed by atoms with Crippen molar-refractivity contribution < 1.29 is 47.9 Å². The molecular weight excluding hydrogens is 576 g/mol. The molecule has 0 saturated carbocycles. The summed E-state index contributed by atoms with van der Waals surface area (Å²) in [6, 6.07) is 7.20. The second kappa shape index (κ2) is 18.1. The minimum absolute atomic E-state index is 0.0543. The summed E-state index contributed by atoms with van der Waals surface area (Å²) in [5.74, 6) is -3.64. The summed E-state index contributed by atoms with van der Waals surface area (Å²) in [5, 5.41) is 18.1. The molecule has 14 heteroatoms. The Bertz CT molecular complexity index is 1290. The number of nitrogens with one attached hydrogen (secondary N) is 3. The third-order valence-electron chi connectivity index (χ3n) is 6.93. The fourth-order valence-electron chi connectivity index (χ4n) is 4.53. The summed E-state index contributed by atoms with van der Waals surface area (Å²) in [6.07, 6.45) is 3.25. The molecule has 0 bridgehead atoms. The second-order valence-electron chi connectivity index (χ2n) is 9.86. The molecule has 44 heavy (non-hydrogen) atoms. The highest BCUT2D eigenvalue weighted by Gasteiger charge is 2.31. The van der Waals surface area contributed by atoms with Gasteiger partial charge in [-0.3, -0.25) is 29.2 Å². The van der Waals surface area contributed by atoms with E-state index >= 15 is 0 Å². The molecule has 0 saturated heterocycles. The van der Waals surface area contributed by atoms with Gasteiger partial charge in [-0.15, -0.1) is 0 Å². The van der Waals surface area contributed by atoms with Gasteiger partial charge in [0.15, 0.2) is 5.76 Å². The van der Waals surface area contributed by atoms with Crippen molar-refractivity contribution in [2.24, 2.45) is 5.92 Å². The van der Waals surface area contributed by atoms with Crippen LogP contribution in [0.3, 0.4) is 0 Å². The van der Waals surface area contributed by atoms with E-state index in [1.165, 1.54) is 24.3 Å². The molecule has 2 rings (SSSR count). The van der Waals surface area contributed by atoms with Crippen molar-refractivity contribution in [3.63, 3.8) is 0 Å². The molecule has 0 unspecified atom stereocenters. The Morgan fingerprint density at radius 3 is 2.39 bits per heavy atom. The number of benzene rings is 1. The molecule has 1 aromatic heterocycles. The van der Waals surface area contributed by atoms with Crippen molar-refractivity contribution in [1.82, 2.24) is 21.0 Å². The molecule has 0 aliphatic heterocycles. The molecule has 2 aromatic rings. The van der Waals surface area contributed by atoms with Crippen LogP contribution in [0.2, 0.25) is 0 Å². The average molecular weight is 617 g/mol. The van der Waals surface area contributed by atoms with E-state index in [9.17, 15) is 34.0 Å². The predicted octanol–water partition coefficient (Wildman–Crippen LogP) is 2.41. The number of hydrogen-bond acceptors (Lipinski definition) is 10. The Hall–Kier alpha value is -4.72. The molecule has 1 aromatic carbocycles. The van der Waals surface area contributed by atoms with Crippen LogP contribution in [0.25, 0.3) is 11.3 Å². The van der Waals surface area contributed by atoms with Gasteiger partial charge in [0.2, 0.25) is 12.3 Å². The number of hydroxylamine groups is 2. The maximum atomic E-state index is 12.9. The number of unbranched alkanes of at least 4 members (excludes halogenated alkanes) is 2. The maximum Gasteiger partial charge on any atom is 0.328 e. The number of nitrogens with zero attached hydrogens (tertiary/aromatic N) is 1. The molecule has 240 valence electrons. The first-order valence-corrected chi connectivity index (χ1v) is 14.2. The van der Waals surface area contributed by atoms with E-state index in [2.05, 4.69) is 25.4 Å². The van der Waals surface area contributed by atoms with Crippen LogP contribution in [0.1, 0.15) is 73.3 Å². The van der Waals surface area contributed by atoms with Gasteiger partial charge in [-0.1, -0.05) is 45.2 Å². The lowest BCUT2D eigenvalue weighted by molar-refractivity contribution is -0.168. The predicted molar refractivity (Wildman–Crippen MR) is 156 cm³/mol. The van der Waals surface area contributed by atoms with Crippen molar-refractivity contribution in [2.75, 3.05) is 20.9 Å². The average Bonchev–Trinajstić information content (AvgIpc) is 3.54. The van der Waals surface area contributed by atoms with Gasteiger partial charge in [-0.25, -0.2) is 9.86 Å². The molecule has 0 aliphatic carbocycles. The molecule has 0 fully saturated rings. The monoisotopic (exact) mass is 616 g/mol. The van der Waals surface area contributed by atoms with Crippen LogP contribution in [-0.2, 0) is 28.7 Å². The van der Waals surface area contributed by atoms with Crippen molar-refractivity contribution in [3.8, 4) is 11.3 Å². The third kappa shape index (κ3) is 10.2. The first-order chi connectivity index (χ1) is 21.1. The lowest BCUT2D eigenvalue weighted by Gasteiger charge is -2.29. The first kappa shape index (κ1) is 35.5. The molecule has 1 heterocycles. The maximum absolute atomic E-state index is 12.9. The zero-order valence-corrected chi connectivity index (χ0v) is 25.3. The Balaban J connectivity index is 2.05. The minimum atomic E-state index is -1.25. The number of carbonyl (C=O) groups is 6. The normalized spacial score (nSPS) is 12.7. The minimum Gasteiger partial charge on any atom is -0.469 e. The van der Waals surface area contributed by atoms with Crippen molar-refractivity contribution in [3.05, 3.63) is 47.7 Å². The van der Waals surface area contributed by atoms with E-state index in [0.29, 0.717) is 23.5 Å². The molecular formula is C30H40N4O10. The number of furan rings is 1. The van der Waals surface area contributed by atoms with Gasteiger partial charge >= 0.3 is 11.9 Å². The number of esters is 2. The van der Waals surface area contributed by atoms with Crippen LogP contribution >= 0.6 is 0 Å². The molecule has 4 N–H and O–H groups in total. The van der Waals surface area contributed by atoms with Crippen LogP contribution in [-0.4, -0.2) is 79.3 Å². The largest absolute Gasteiger partial charge is 0.469 e. The number of methoxy groups -OCH3 is 2. The summed E-state index contributed by atoms with van der Waals surface area (Å²) in [5.41, 5.74) is 0.609. The van der Waals surface area contributed by atoms with Gasteiger partial charge in [-0.05, 0) is 37.1 Å². The third-order valence-corrected chi connectivity index (χ3v) is 6.93. The fraction of sp³-hybridized carbons (Fsp3) is 0.467. The zero-order valence-electron chi connectivity index (χ0n) is 25.3. The first-order valence-electron chi connectivity index (χ1n) is 14.2. The van der Waals surface area contributed by atoms with Crippen LogP contribution in [0.15, 0.2) is 40.8 Å². The number of ether oxygens (including phenoxy) is 2. The Labute approximate surface area is 255 Å². The Morgan fingerprint density at radius 1 is 1.00 bits per heavy atom. The lowest BCUT2D eigenvalue weighted by atomic mass is 9.90. The fourth-order valence-corrected chi connectivity index (χ4v) is 4.53. The van der Waals surface area contributed by atoms with Gasteiger partial charge in [0.05, 0.1) is 39.3 Å². The van der Waals surface area contributed by atoms with E-state index in [1.807, 2.05) is 6.92 Å². The summed E-state index contributed by atoms with van der Waals surface area (Å²) in [6.45, 7) is 3.57. The van der Waals surface area contributed by atoms with Crippen LogP contribution < -0.4 is 16.0 Å². The topological polar surface area (TPSA) is 194 Å². The lowest BCUT2D eigenvalue weighted by Crippen LogP contribution is -2.47. The van der Waals surface area contributed by atoms with Crippen molar-refractivity contribution in [2.45, 2.75) is 64.5 Å². The van der Waals surface area contributed by atoms with Gasteiger partial charge in [-0.2, -0.15) is 0 Å². The van der Waals surface area contributed by atoms with Gasteiger partial charge in [0.1, 0.15) is 11.8 Å². The quantitative estimate of drug-likeness (QED) is 0.0483. The molecule has 14 nitrogen and oxygen atoms in total. The van der Waals surface area contributed by atoms with Gasteiger partial charge in [0, 0.05) is 11.1 Å². The Kier molecular flexibility index (Phi) is 14.6. The van der Waals surface area contributed by atoms with E-state index < -0.39 is 54.1 Å². The van der Waals surface area contributed by atoms with Crippen molar-refractivity contribution in [1.29, 1.82) is 0 Å². The molecule has 3 atom stereocenters. The standard InChI is InChI=1S/C30H40N4O10/c1-5-7-8-12-21(23(6-2)34(41)18-35)28(38)31-17-32-29(39)25-14-13-24(44-25)19-10-9-11-20(15-19)27(37)33-22(30(40)43-4)16-26(36)42-3/h9-11,13-15,18,21-23,41H,5-8,12,16-17H2,1-4H3,(H,31,38)(H,32,39)(H,33,37)/t21-,22+,23-/m1/s1. The molecule has 0 spiro atoms. The number of carbonyl (C=O) groups excluding carboxylic acids is 6. The van der Waals surface area contributed by atoms with Crippen LogP contribution in [0, 0.1) is 5.92 Å². The smallest absolute Gasteiger partial charge is 0.328 e. The molecule has 0 radical (unpaired) electrons.